The van der Waals surface area contributed by atoms with Gasteiger partial charge >= 0.3 is 5.97 Å². The first kappa shape index (κ1) is 13.7. The van der Waals surface area contributed by atoms with Crippen molar-refractivity contribution in [3.63, 3.8) is 0 Å². The topological polar surface area (TPSA) is 67.2 Å². The Bertz CT molecular complexity index is 400. The number of carboxylic acids is 1. The average molecular weight is 239 g/mol. The van der Waals surface area contributed by atoms with Crippen molar-refractivity contribution in [3.8, 4) is 0 Å². The summed E-state index contributed by atoms with van der Waals surface area (Å²) < 4.78 is 1.80. The van der Waals surface area contributed by atoms with E-state index in [1.165, 1.54) is 0 Å². The summed E-state index contributed by atoms with van der Waals surface area (Å²) in [5.41, 5.74) is 1.09. The van der Waals surface area contributed by atoms with Gasteiger partial charge in [0.15, 0.2) is 0 Å². The van der Waals surface area contributed by atoms with Gasteiger partial charge in [0.25, 0.3) is 0 Å². The lowest BCUT2D eigenvalue weighted by atomic mass is 10.0. The van der Waals surface area contributed by atoms with E-state index in [0.29, 0.717) is 6.54 Å². The van der Waals surface area contributed by atoms with Crippen molar-refractivity contribution >= 4 is 5.97 Å². The zero-order valence-corrected chi connectivity index (χ0v) is 10.9. The Labute approximate surface area is 102 Å². The van der Waals surface area contributed by atoms with Crippen LogP contribution in [0, 0.1) is 0 Å². The molecule has 0 fully saturated rings. The lowest BCUT2D eigenvalue weighted by Gasteiger charge is -2.24. The second kappa shape index (κ2) is 5.31. The molecule has 0 radical (unpaired) electrons. The molecule has 1 heterocycles. The van der Waals surface area contributed by atoms with Crippen LogP contribution >= 0.6 is 0 Å². The number of hydrogen-bond donors (Lipinski definition) is 2. The molecule has 0 amide bonds. The standard InChI is InChI=1S/C12H21N3O2/c1-5-9-7-10(6-2)15(14-9)8-12(3,13-4)11(16)17/h7,13H,5-6,8H2,1-4H3,(H,16,17). The van der Waals surface area contributed by atoms with E-state index < -0.39 is 11.5 Å². The predicted molar refractivity (Wildman–Crippen MR) is 66.1 cm³/mol. The number of nitrogens with one attached hydrogen (secondary N) is 1. The maximum atomic E-state index is 11.2. The monoisotopic (exact) mass is 239 g/mol. The predicted octanol–water partition coefficient (Wildman–Crippen LogP) is 1.07. The van der Waals surface area contributed by atoms with E-state index in [2.05, 4.69) is 10.4 Å². The molecular formula is C12H21N3O2. The second-order valence-electron chi connectivity index (χ2n) is 4.38. The Morgan fingerprint density at radius 2 is 2.18 bits per heavy atom. The molecule has 0 aromatic carbocycles. The molecule has 1 atom stereocenters. The van der Waals surface area contributed by atoms with Gasteiger partial charge in [0.05, 0.1) is 12.2 Å². The molecule has 0 saturated carbocycles. The fourth-order valence-electron chi connectivity index (χ4n) is 1.66. The van der Waals surface area contributed by atoms with Gasteiger partial charge in [-0.15, -0.1) is 0 Å². The molecule has 0 saturated heterocycles. The average Bonchev–Trinajstić information content (AvgIpc) is 2.70. The molecule has 1 rings (SSSR count). The number of hydrogen-bond acceptors (Lipinski definition) is 3. The van der Waals surface area contributed by atoms with Crippen LogP contribution in [0.1, 0.15) is 32.2 Å². The van der Waals surface area contributed by atoms with E-state index in [1.807, 2.05) is 19.9 Å². The van der Waals surface area contributed by atoms with Crippen LogP contribution in [-0.4, -0.2) is 33.4 Å². The number of nitrogens with zero attached hydrogens (tertiary/aromatic N) is 2. The number of aromatic nitrogens is 2. The van der Waals surface area contributed by atoms with Gasteiger partial charge in [-0.25, -0.2) is 0 Å². The van der Waals surface area contributed by atoms with Crippen LogP contribution in [0.2, 0.25) is 0 Å². The van der Waals surface area contributed by atoms with Crippen molar-refractivity contribution in [2.45, 2.75) is 45.7 Å². The van der Waals surface area contributed by atoms with Crippen molar-refractivity contribution in [3.05, 3.63) is 17.5 Å². The number of aliphatic carboxylic acids is 1. The highest BCUT2D eigenvalue weighted by Crippen LogP contribution is 2.12. The van der Waals surface area contributed by atoms with Gasteiger partial charge in [-0.2, -0.15) is 5.10 Å². The minimum atomic E-state index is -0.985. The largest absolute Gasteiger partial charge is 0.480 e. The summed E-state index contributed by atoms with van der Waals surface area (Å²) in [6.45, 7) is 6.09. The summed E-state index contributed by atoms with van der Waals surface area (Å²) in [6.07, 6.45) is 1.72. The Balaban J connectivity index is 3.00. The number of aryl methyl sites for hydroxylation is 2. The highest BCUT2D eigenvalue weighted by atomic mass is 16.4. The van der Waals surface area contributed by atoms with Crippen LogP contribution in [0.15, 0.2) is 6.07 Å². The zero-order valence-electron chi connectivity index (χ0n) is 10.9. The van der Waals surface area contributed by atoms with E-state index >= 15 is 0 Å². The Morgan fingerprint density at radius 1 is 1.53 bits per heavy atom. The third-order valence-corrected chi connectivity index (χ3v) is 3.13. The number of carbonyl (C=O) groups is 1. The van der Waals surface area contributed by atoms with Gasteiger partial charge < -0.3 is 10.4 Å². The Kier molecular flexibility index (Phi) is 4.28. The summed E-state index contributed by atoms with van der Waals surface area (Å²) in [7, 11) is 1.66. The summed E-state index contributed by atoms with van der Waals surface area (Å²) >= 11 is 0. The quantitative estimate of drug-likeness (QED) is 0.779. The van der Waals surface area contributed by atoms with Crippen molar-refractivity contribution in [2.75, 3.05) is 7.05 Å². The van der Waals surface area contributed by atoms with E-state index in [9.17, 15) is 9.90 Å². The molecule has 0 aliphatic rings. The van der Waals surface area contributed by atoms with Crippen LogP contribution in [0.25, 0.3) is 0 Å². The second-order valence-corrected chi connectivity index (χ2v) is 4.38. The molecule has 17 heavy (non-hydrogen) atoms. The van der Waals surface area contributed by atoms with Gasteiger partial charge in [0, 0.05) is 5.69 Å². The molecular weight excluding hydrogens is 218 g/mol. The molecule has 0 spiro atoms. The first-order valence-corrected chi connectivity index (χ1v) is 5.94. The maximum absolute atomic E-state index is 11.2. The van der Waals surface area contributed by atoms with Crippen molar-refractivity contribution < 1.29 is 9.90 Å². The zero-order chi connectivity index (χ0) is 13.1. The van der Waals surface area contributed by atoms with Crippen molar-refractivity contribution in [1.82, 2.24) is 15.1 Å². The van der Waals surface area contributed by atoms with Crippen molar-refractivity contribution in [1.29, 1.82) is 0 Å². The molecule has 96 valence electrons. The maximum Gasteiger partial charge on any atom is 0.325 e. The summed E-state index contributed by atoms with van der Waals surface area (Å²) in [5.74, 6) is -0.865. The van der Waals surface area contributed by atoms with Gasteiger partial charge in [-0.1, -0.05) is 13.8 Å². The minimum absolute atomic E-state index is 0.335. The van der Waals surface area contributed by atoms with E-state index in [4.69, 9.17) is 0 Å². The number of rotatable bonds is 6. The SMILES string of the molecule is CCc1cc(CC)n(CC(C)(NC)C(=O)O)n1. The third-order valence-electron chi connectivity index (χ3n) is 3.13. The smallest absolute Gasteiger partial charge is 0.325 e. The van der Waals surface area contributed by atoms with E-state index in [1.54, 1.807) is 18.7 Å². The Morgan fingerprint density at radius 3 is 2.59 bits per heavy atom. The van der Waals surface area contributed by atoms with Crippen LogP contribution in [0.4, 0.5) is 0 Å². The first-order chi connectivity index (χ1) is 7.96. The molecule has 5 nitrogen and oxygen atoms in total. The van der Waals surface area contributed by atoms with E-state index in [-0.39, 0.29) is 0 Å². The summed E-state index contributed by atoms with van der Waals surface area (Å²) in [5, 5.41) is 16.5. The number of likely N-dealkylation sites (N-methyl/N-ethyl adjacent to an activating group) is 1. The fourth-order valence-corrected chi connectivity index (χ4v) is 1.66. The molecule has 0 aliphatic heterocycles. The summed E-state index contributed by atoms with van der Waals surface area (Å²) in [6, 6.07) is 2.04. The van der Waals surface area contributed by atoms with Crippen LogP contribution < -0.4 is 5.32 Å². The Hall–Kier alpha value is -1.36. The lowest BCUT2D eigenvalue weighted by molar-refractivity contribution is -0.144. The normalized spacial score (nSPS) is 14.6. The van der Waals surface area contributed by atoms with Gasteiger partial charge in [0.2, 0.25) is 0 Å². The molecule has 1 unspecified atom stereocenters. The van der Waals surface area contributed by atoms with Gasteiger partial charge in [-0.05, 0) is 32.9 Å². The molecule has 0 bridgehead atoms. The molecule has 2 N–H and O–H groups in total. The molecule has 1 aromatic heterocycles. The molecule has 1 aromatic rings. The van der Waals surface area contributed by atoms with E-state index in [0.717, 1.165) is 24.2 Å². The van der Waals surface area contributed by atoms with Crippen LogP contribution in [-0.2, 0) is 24.2 Å². The highest BCUT2D eigenvalue weighted by Gasteiger charge is 2.32. The molecule has 5 heteroatoms. The van der Waals surface area contributed by atoms with Crippen LogP contribution in [0.3, 0.4) is 0 Å². The van der Waals surface area contributed by atoms with Gasteiger partial charge in [0.1, 0.15) is 5.54 Å². The molecule has 0 aliphatic carbocycles. The number of carboxylic acid groups (broad SMARTS) is 1. The lowest BCUT2D eigenvalue weighted by Crippen LogP contribution is -2.51. The van der Waals surface area contributed by atoms with Crippen molar-refractivity contribution in [2.24, 2.45) is 0 Å². The minimum Gasteiger partial charge on any atom is -0.480 e. The third kappa shape index (κ3) is 2.85. The highest BCUT2D eigenvalue weighted by molar-refractivity contribution is 5.78. The first-order valence-electron chi connectivity index (χ1n) is 5.94. The van der Waals surface area contributed by atoms with Crippen LogP contribution in [0.5, 0.6) is 0 Å². The summed E-state index contributed by atoms with van der Waals surface area (Å²) in [4.78, 5) is 11.2. The fraction of sp³-hybridized carbons (Fsp3) is 0.667. The van der Waals surface area contributed by atoms with Gasteiger partial charge in [-0.3, -0.25) is 9.48 Å².